The molecular formula is C21H16ClFN4O. The number of hydrogen-bond acceptors (Lipinski definition) is 4. The first-order chi connectivity index (χ1) is 13.4. The monoisotopic (exact) mass is 394 g/mol. The number of nitrogens with zero attached hydrogens (tertiary/aromatic N) is 3. The number of ether oxygens (including phenoxy) is 1. The van der Waals surface area contributed by atoms with Crippen molar-refractivity contribution >= 4 is 22.8 Å². The smallest absolute Gasteiger partial charge is 0.224 e. The van der Waals surface area contributed by atoms with Gasteiger partial charge in [0.2, 0.25) is 5.88 Å². The number of fused-ring (bicyclic) bond motifs is 3. The fraction of sp³-hybridized carbons (Fsp3) is 0.190. The van der Waals surface area contributed by atoms with Gasteiger partial charge < -0.3 is 9.72 Å². The average molecular weight is 395 g/mol. The van der Waals surface area contributed by atoms with Crippen LogP contribution in [-0.2, 0) is 5.41 Å². The summed E-state index contributed by atoms with van der Waals surface area (Å²) >= 11 is 6.06. The van der Waals surface area contributed by atoms with E-state index >= 15 is 0 Å². The number of hydrogen-bond donors (Lipinski definition) is 1. The van der Waals surface area contributed by atoms with Gasteiger partial charge in [-0.3, -0.25) is 0 Å². The van der Waals surface area contributed by atoms with Crippen LogP contribution >= 0.6 is 11.6 Å². The third-order valence-corrected chi connectivity index (χ3v) is 5.47. The highest BCUT2D eigenvalue weighted by Gasteiger charge is 2.43. The van der Waals surface area contributed by atoms with Crippen molar-refractivity contribution in [3.05, 3.63) is 76.6 Å². The predicted octanol–water partition coefficient (Wildman–Crippen LogP) is 5.36. The second-order valence-electron chi connectivity index (χ2n) is 7.40. The first-order valence-corrected chi connectivity index (χ1v) is 9.27. The van der Waals surface area contributed by atoms with Gasteiger partial charge in [-0.2, -0.15) is 0 Å². The SMILES string of the molecule is CC(C)(c1nc2ncccc2[nH]1)C1c2ccc(Cl)nc2Oc2c(F)cccc21. The molecule has 0 radical (unpaired) electrons. The quantitative estimate of drug-likeness (QED) is 0.465. The topological polar surface area (TPSA) is 63.7 Å². The summed E-state index contributed by atoms with van der Waals surface area (Å²) in [7, 11) is 0. The van der Waals surface area contributed by atoms with Gasteiger partial charge in [-0.15, -0.1) is 0 Å². The molecule has 0 spiro atoms. The van der Waals surface area contributed by atoms with Gasteiger partial charge in [0, 0.05) is 28.7 Å². The van der Waals surface area contributed by atoms with Crippen molar-refractivity contribution in [2.24, 2.45) is 0 Å². The van der Waals surface area contributed by atoms with Crippen LogP contribution in [0.4, 0.5) is 4.39 Å². The molecule has 0 saturated heterocycles. The van der Waals surface area contributed by atoms with Gasteiger partial charge in [-0.25, -0.2) is 19.3 Å². The predicted molar refractivity (Wildman–Crippen MR) is 104 cm³/mol. The molecular weight excluding hydrogens is 379 g/mol. The number of pyridine rings is 2. The Bertz CT molecular complexity index is 1190. The molecule has 5 nitrogen and oxygen atoms in total. The van der Waals surface area contributed by atoms with E-state index < -0.39 is 11.2 Å². The Hall–Kier alpha value is -2.99. The van der Waals surface area contributed by atoms with Crippen molar-refractivity contribution in [3.8, 4) is 11.6 Å². The fourth-order valence-electron chi connectivity index (χ4n) is 3.92. The summed E-state index contributed by atoms with van der Waals surface area (Å²) in [6, 6.07) is 12.3. The lowest BCUT2D eigenvalue weighted by Crippen LogP contribution is -2.32. The second kappa shape index (κ2) is 6.01. The molecule has 3 aromatic heterocycles. The molecule has 0 fully saturated rings. The molecule has 0 amide bonds. The average Bonchev–Trinajstić information content (AvgIpc) is 3.12. The molecule has 4 heterocycles. The lowest BCUT2D eigenvalue weighted by molar-refractivity contribution is 0.353. The van der Waals surface area contributed by atoms with Crippen LogP contribution < -0.4 is 4.74 Å². The molecule has 0 saturated carbocycles. The van der Waals surface area contributed by atoms with Gasteiger partial charge in [-0.1, -0.05) is 37.6 Å². The number of rotatable bonds is 2. The Morgan fingerprint density at radius 1 is 1.07 bits per heavy atom. The number of benzene rings is 1. The molecule has 140 valence electrons. The minimum atomic E-state index is -0.530. The Labute approximate surface area is 165 Å². The first-order valence-electron chi connectivity index (χ1n) is 8.89. The molecule has 4 aromatic rings. The molecule has 28 heavy (non-hydrogen) atoms. The Morgan fingerprint density at radius 3 is 2.75 bits per heavy atom. The Morgan fingerprint density at radius 2 is 1.93 bits per heavy atom. The fourth-order valence-corrected chi connectivity index (χ4v) is 4.06. The van der Waals surface area contributed by atoms with E-state index in [2.05, 4.69) is 28.8 Å². The van der Waals surface area contributed by atoms with E-state index in [9.17, 15) is 4.39 Å². The van der Waals surface area contributed by atoms with Crippen LogP contribution in [0.15, 0.2) is 48.7 Å². The van der Waals surface area contributed by atoms with E-state index in [1.54, 1.807) is 18.3 Å². The Balaban J connectivity index is 1.75. The molecule has 1 aromatic carbocycles. The van der Waals surface area contributed by atoms with Gasteiger partial charge >= 0.3 is 0 Å². The molecule has 1 atom stereocenters. The maximum Gasteiger partial charge on any atom is 0.224 e. The van der Waals surface area contributed by atoms with Gasteiger partial charge in [0.1, 0.15) is 11.0 Å². The van der Waals surface area contributed by atoms with Crippen molar-refractivity contribution < 1.29 is 9.13 Å². The van der Waals surface area contributed by atoms with Crippen LogP contribution in [0.5, 0.6) is 11.6 Å². The van der Waals surface area contributed by atoms with Crippen LogP contribution in [0, 0.1) is 5.82 Å². The number of imidazole rings is 1. The van der Waals surface area contributed by atoms with E-state index in [-0.39, 0.29) is 11.7 Å². The van der Waals surface area contributed by atoms with Gasteiger partial charge in [0.25, 0.3) is 0 Å². The van der Waals surface area contributed by atoms with Crippen LogP contribution in [0.25, 0.3) is 11.2 Å². The highest BCUT2D eigenvalue weighted by molar-refractivity contribution is 6.29. The number of aromatic amines is 1. The lowest BCUT2D eigenvalue weighted by atomic mass is 9.70. The molecule has 1 unspecified atom stereocenters. The van der Waals surface area contributed by atoms with Gasteiger partial charge in [-0.05, 0) is 30.3 Å². The van der Waals surface area contributed by atoms with E-state index in [4.69, 9.17) is 21.3 Å². The molecule has 1 N–H and O–H groups in total. The number of halogens is 2. The summed E-state index contributed by atoms with van der Waals surface area (Å²) in [6.07, 6.45) is 1.71. The normalized spacial score (nSPS) is 15.8. The number of para-hydroxylation sites is 1. The van der Waals surface area contributed by atoms with Crippen LogP contribution in [0.2, 0.25) is 5.15 Å². The van der Waals surface area contributed by atoms with Gasteiger partial charge in [0.05, 0.1) is 5.52 Å². The highest BCUT2D eigenvalue weighted by Crippen LogP contribution is 2.52. The van der Waals surface area contributed by atoms with Crippen LogP contribution in [0.1, 0.15) is 36.7 Å². The lowest BCUT2D eigenvalue weighted by Gasteiger charge is -2.37. The summed E-state index contributed by atoms with van der Waals surface area (Å²) in [5.74, 6) is 0.572. The highest BCUT2D eigenvalue weighted by atomic mass is 35.5. The summed E-state index contributed by atoms with van der Waals surface area (Å²) in [5.41, 5.74) is 2.55. The van der Waals surface area contributed by atoms with Crippen molar-refractivity contribution in [2.45, 2.75) is 25.2 Å². The molecule has 0 bridgehead atoms. The third kappa shape index (κ3) is 2.48. The minimum Gasteiger partial charge on any atom is -0.435 e. The number of aromatic nitrogens is 4. The maximum absolute atomic E-state index is 14.6. The molecule has 5 rings (SSSR count). The second-order valence-corrected chi connectivity index (χ2v) is 7.79. The van der Waals surface area contributed by atoms with Gasteiger partial charge in [0.15, 0.2) is 17.2 Å². The van der Waals surface area contributed by atoms with Crippen LogP contribution in [0.3, 0.4) is 0 Å². The largest absolute Gasteiger partial charge is 0.435 e. The van der Waals surface area contributed by atoms with Crippen molar-refractivity contribution in [3.63, 3.8) is 0 Å². The molecule has 7 heteroatoms. The standard InChI is InChI=1S/C21H16ClFN4O/c1-21(2,20-25-14-7-4-10-24-18(14)27-20)16-11-5-3-6-13(23)17(11)28-19-12(16)8-9-15(22)26-19/h3-10,16H,1-2H3,(H,24,25,27). The number of nitrogens with one attached hydrogen (secondary N) is 1. The zero-order valence-corrected chi connectivity index (χ0v) is 16.0. The molecule has 0 aliphatic carbocycles. The molecule has 1 aliphatic rings. The third-order valence-electron chi connectivity index (χ3n) is 5.26. The number of H-pyrrole nitrogens is 1. The molecule has 1 aliphatic heterocycles. The van der Waals surface area contributed by atoms with Crippen molar-refractivity contribution in [1.29, 1.82) is 0 Å². The zero-order chi connectivity index (χ0) is 19.5. The first kappa shape index (κ1) is 17.1. The van der Waals surface area contributed by atoms with E-state index in [1.165, 1.54) is 6.07 Å². The van der Waals surface area contributed by atoms with E-state index in [0.29, 0.717) is 16.7 Å². The maximum atomic E-state index is 14.6. The summed E-state index contributed by atoms with van der Waals surface area (Å²) in [6.45, 7) is 4.13. The zero-order valence-electron chi connectivity index (χ0n) is 15.2. The summed E-state index contributed by atoms with van der Waals surface area (Å²) in [5, 5.41) is 0.294. The summed E-state index contributed by atoms with van der Waals surface area (Å²) < 4.78 is 20.4. The van der Waals surface area contributed by atoms with Crippen molar-refractivity contribution in [1.82, 2.24) is 19.9 Å². The Kier molecular flexibility index (Phi) is 3.67. The van der Waals surface area contributed by atoms with Crippen molar-refractivity contribution in [2.75, 3.05) is 0 Å². The minimum absolute atomic E-state index is 0.178. The van der Waals surface area contributed by atoms with Crippen LogP contribution in [-0.4, -0.2) is 19.9 Å². The summed E-state index contributed by atoms with van der Waals surface area (Å²) in [4.78, 5) is 16.7. The van der Waals surface area contributed by atoms with E-state index in [1.807, 2.05) is 24.3 Å². The van der Waals surface area contributed by atoms with E-state index in [0.717, 1.165) is 22.5 Å².